The van der Waals surface area contributed by atoms with Crippen LogP contribution in [0.5, 0.6) is 0 Å². The van der Waals surface area contributed by atoms with Crippen LogP contribution in [0.15, 0.2) is 42.5 Å². The van der Waals surface area contributed by atoms with Crippen LogP contribution < -0.4 is 15.3 Å². The minimum absolute atomic E-state index is 0.0329. The van der Waals surface area contributed by atoms with E-state index in [4.69, 9.17) is 11.6 Å². The summed E-state index contributed by atoms with van der Waals surface area (Å²) in [6.45, 7) is 1.84. The third kappa shape index (κ3) is 3.70. The van der Waals surface area contributed by atoms with Crippen LogP contribution >= 0.6 is 11.6 Å². The Morgan fingerprint density at radius 2 is 1.92 bits per heavy atom. The van der Waals surface area contributed by atoms with Crippen molar-refractivity contribution < 1.29 is 19.5 Å². The number of anilines is 2. The lowest BCUT2D eigenvalue weighted by molar-refractivity contribution is -0.304. The number of halogens is 1. The van der Waals surface area contributed by atoms with Gasteiger partial charge in [0.25, 0.3) is 5.91 Å². The predicted octanol–water partition coefficient (Wildman–Crippen LogP) is 1.68. The van der Waals surface area contributed by atoms with E-state index in [1.165, 1.54) is 0 Å². The number of carbonyl (C=O) groups excluding carboxylic acids is 3. The molecule has 7 heteroatoms. The molecule has 1 aliphatic rings. The largest absolute Gasteiger partial charge is 0.550 e. The zero-order valence-electron chi connectivity index (χ0n) is 14.0. The van der Waals surface area contributed by atoms with Gasteiger partial charge in [-0.2, -0.15) is 0 Å². The molecule has 134 valence electrons. The molecule has 1 heterocycles. The summed E-state index contributed by atoms with van der Waals surface area (Å²) in [6, 6.07) is 11.0. The van der Waals surface area contributed by atoms with Crippen molar-refractivity contribution in [2.45, 2.75) is 25.8 Å². The second kappa shape index (κ2) is 7.17. The summed E-state index contributed by atoms with van der Waals surface area (Å²) < 4.78 is 0. The molecule has 0 bridgehead atoms. The molecule has 0 radical (unpaired) electrons. The van der Waals surface area contributed by atoms with Crippen molar-refractivity contribution in [3.63, 3.8) is 0 Å². The Bertz CT molecular complexity index is 880. The number of benzene rings is 2. The predicted molar refractivity (Wildman–Crippen MR) is 95.9 cm³/mol. The van der Waals surface area contributed by atoms with Crippen molar-refractivity contribution in [2.75, 3.05) is 10.2 Å². The maximum Gasteiger partial charge on any atom is 0.256 e. The van der Waals surface area contributed by atoms with Gasteiger partial charge in [0.1, 0.15) is 6.04 Å². The topological polar surface area (TPSA) is 89.5 Å². The number of imide groups is 1. The molecule has 3 rings (SSSR count). The van der Waals surface area contributed by atoms with Crippen molar-refractivity contribution in [2.24, 2.45) is 0 Å². The molecule has 6 nitrogen and oxygen atoms in total. The van der Waals surface area contributed by atoms with E-state index in [1.807, 2.05) is 6.92 Å². The minimum Gasteiger partial charge on any atom is -0.550 e. The molecule has 0 aromatic heterocycles. The monoisotopic (exact) mass is 371 g/mol. The molecule has 2 amide bonds. The normalized spacial score (nSPS) is 16.8. The highest BCUT2D eigenvalue weighted by atomic mass is 35.5. The number of hydrogen-bond acceptors (Lipinski definition) is 5. The van der Waals surface area contributed by atoms with Crippen molar-refractivity contribution in [1.82, 2.24) is 0 Å². The van der Waals surface area contributed by atoms with Gasteiger partial charge in [-0.25, -0.2) is 4.90 Å². The highest BCUT2D eigenvalue weighted by molar-refractivity contribution is 6.32. The van der Waals surface area contributed by atoms with E-state index in [9.17, 15) is 19.5 Å². The van der Waals surface area contributed by atoms with E-state index in [0.717, 1.165) is 10.5 Å². The number of carbonyl (C=O) groups is 3. The van der Waals surface area contributed by atoms with Gasteiger partial charge in [-0.15, -0.1) is 0 Å². The molecular formula is C19H16ClN2O4-. The number of amides is 2. The average molecular weight is 372 g/mol. The van der Waals surface area contributed by atoms with E-state index >= 15 is 0 Å². The summed E-state index contributed by atoms with van der Waals surface area (Å²) in [5.74, 6) is -1.82. The standard InChI is InChI=1S/C19H17ClN2O4/c1-11-2-7-14(9-15(11)20)22-17(23)10-16(19(22)26)21-13-5-3-12(4-6-13)8-18(24)25/h2-7,9,16,21H,8,10H2,1H3,(H,24,25)/p-1/t16-/m1/s1. The van der Waals surface area contributed by atoms with Crippen molar-refractivity contribution >= 4 is 40.8 Å². The van der Waals surface area contributed by atoms with Gasteiger partial charge in [0, 0.05) is 23.1 Å². The Hall–Kier alpha value is -2.86. The second-order valence-corrected chi connectivity index (χ2v) is 6.55. The number of nitrogens with zero attached hydrogens (tertiary/aromatic N) is 1. The van der Waals surface area contributed by atoms with Gasteiger partial charge in [0.15, 0.2) is 0 Å². The van der Waals surface area contributed by atoms with Gasteiger partial charge in [0.05, 0.1) is 12.1 Å². The van der Waals surface area contributed by atoms with Crippen LogP contribution in [0.1, 0.15) is 17.5 Å². The molecule has 1 N–H and O–H groups in total. The Morgan fingerprint density at radius 3 is 2.54 bits per heavy atom. The van der Waals surface area contributed by atoms with E-state index < -0.39 is 12.0 Å². The van der Waals surface area contributed by atoms with Crippen LogP contribution in [0.2, 0.25) is 5.02 Å². The Morgan fingerprint density at radius 1 is 1.23 bits per heavy atom. The summed E-state index contributed by atoms with van der Waals surface area (Å²) in [5, 5.41) is 14.1. The molecule has 1 atom stereocenters. The highest BCUT2D eigenvalue weighted by Crippen LogP contribution is 2.28. The van der Waals surface area contributed by atoms with Gasteiger partial charge in [0.2, 0.25) is 5.91 Å². The van der Waals surface area contributed by atoms with E-state index in [-0.39, 0.29) is 24.7 Å². The van der Waals surface area contributed by atoms with Crippen LogP contribution in [0.25, 0.3) is 0 Å². The number of aliphatic carboxylic acids is 1. The third-order valence-corrected chi connectivity index (χ3v) is 4.61. The minimum atomic E-state index is -1.16. The van der Waals surface area contributed by atoms with Gasteiger partial charge in [-0.3, -0.25) is 9.59 Å². The molecule has 1 saturated heterocycles. The Balaban J connectivity index is 1.74. The number of carboxylic acid groups (broad SMARTS) is 1. The first-order valence-electron chi connectivity index (χ1n) is 8.03. The van der Waals surface area contributed by atoms with Gasteiger partial charge in [-0.1, -0.05) is 29.8 Å². The van der Waals surface area contributed by atoms with Crippen LogP contribution in [-0.2, 0) is 20.8 Å². The van der Waals surface area contributed by atoms with Gasteiger partial charge in [-0.05, 0) is 42.3 Å². The zero-order chi connectivity index (χ0) is 18.8. The molecule has 26 heavy (non-hydrogen) atoms. The lowest BCUT2D eigenvalue weighted by atomic mass is 10.1. The lowest BCUT2D eigenvalue weighted by Crippen LogP contribution is -2.34. The first kappa shape index (κ1) is 17.9. The third-order valence-electron chi connectivity index (χ3n) is 4.20. The molecule has 1 aliphatic heterocycles. The maximum atomic E-state index is 12.6. The number of hydrogen-bond donors (Lipinski definition) is 1. The fourth-order valence-electron chi connectivity index (χ4n) is 2.82. The summed E-state index contributed by atoms with van der Waals surface area (Å²) in [5.41, 5.74) is 2.53. The fraction of sp³-hybridized carbons (Fsp3) is 0.211. The van der Waals surface area contributed by atoms with E-state index in [2.05, 4.69) is 5.32 Å². The molecule has 1 fully saturated rings. The SMILES string of the molecule is Cc1ccc(N2C(=O)C[C@@H](Nc3ccc(CC(=O)[O-])cc3)C2=O)cc1Cl. The van der Waals surface area contributed by atoms with Crippen molar-refractivity contribution in [3.05, 3.63) is 58.6 Å². The van der Waals surface area contributed by atoms with E-state index in [1.54, 1.807) is 42.5 Å². The van der Waals surface area contributed by atoms with Crippen molar-refractivity contribution in [1.29, 1.82) is 0 Å². The fourth-order valence-corrected chi connectivity index (χ4v) is 3.00. The quantitative estimate of drug-likeness (QED) is 0.808. The molecule has 0 saturated carbocycles. The van der Waals surface area contributed by atoms with Crippen LogP contribution in [-0.4, -0.2) is 23.8 Å². The summed E-state index contributed by atoms with van der Waals surface area (Å²) in [7, 11) is 0. The van der Waals surface area contributed by atoms with Crippen LogP contribution in [0.4, 0.5) is 11.4 Å². The molecule has 0 spiro atoms. The summed E-state index contributed by atoms with van der Waals surface area (Å²) >= 11 is 6.09. The molecule has 0 aliphatic carbocycles. The average Bonchev–Trinajstić information content (AvgIpc) is 2.85. The van der Waals surface area contributed by atoms with E-state index in [0.29, 0.717) is 22.0 Å². The van der Waals surface area contributed by atoms with Crippen molar-refractivity contribution in [3.8, 4) is 0 Å². The Kier molecular flexibility index (Phi) is 4.95. The molecular weight excluding hydrogens is 356 g/mol. The molecule has 2 aromatic carbocycles. The molecule has 0 unspecified atom stereocenters. The highest BCUT2D eigenvalue weighted by Gasteiger charge is 2.39. The smallest absolute Gasteiger partial charge is 0.256 e. The summed E-state index contributed by atoms with van der Waals surface area (Å²) in [4.78, 5) is 36.7. The van der Waals surface area contributed by atoms with Crippen LogP contribution in [0.3, 0.4) is 0 Å². The number of rotatable bonds is 5. The first-order chi connectivity index (χ1) is 12.3. The summed E-state index contributed by atoms with van der Waals surface area (Å²) in [6.07, 6.45) is -0.145. The zero-order valence-corrected chi connectivity index (χ0v) is 14.7. The number of aryl methyl sites for hydroxylation is 1. The first-order valence-corrected chi connectivity index (χ1v) is 8.41. The Labute approximate surface area is 155 Å². The molecule has 2 aromatic rings. The van der Waals surface area contributed by atoms with Crippen LogP contribution in [0, 0.1) is 6.92 Å². The number of nitrogens with one attached hydrogen (secondary N) is 1. The maximum absolute atomic E-state index is 12.6. The van der Waals surface area contributed by atoms with Gasteiger partial charge >= 0.3 is 0 Å². The number of carboxylic acids is 1. The second-order valence-electron chi connectivity index (χ2n) is 6.15. The lowest BCUT2D eigenvalue weighted by Gasteiger charge is -2.17. The van der Waals surface area contributed by atoms with Gasteiger partial charge < -0.3 is 15.2 Å².